The van der Waals surface area contributed by atoms with Gasteiger partial charge in [0.2, 0.25) is 0 Å². The van der Waals surface area contributed by atoms with E-state index in [1.807, 2.05) is 0 Å². The lowest BCUT2D eigenvalue weighted by Gasteiger charge is -1.85. The van der Waals surface area contributed by atoms with E-state index in [2.05, 4.69) is 0 Å². The lowest BCUT2D eigenvalue weighted by Crippen LogP contribution is -2.06. The molecule has 0 rings (SSSR count). The zero-order valence-corrected chi connectivity index (χ0v) is 5.06. The summed E-state index contributed by atoms with van der Waals surface area (Å²) in [5.74, 6) is -0.576. The van der Waals surface area contributed by atoms with Gasteiger partial charge in [0.1, 0.15) is 0 Å². The van der Waals surface area contributed by atoms with Crippen LogP contribution in [0.4, 0.5) is 0 Å². The maximum Gasteiger partial charge on any atom is 0.267 e. The van der Waals surface area contributed by atoms with Gasteiger partial charge in [-0.3, -0.25) is 4.55 Å². The summed E-state index contributed by atoms with van der Waals surface area (Å²) in [6, 6.07) is 0. The first-order valence-corrected chi connectivity index (χ1v) is 3.23. The van der Waals surface area contributed by atoms with Crippen molar-refractivity contribution < 1.29 is 18.1 Å². The van der Waals surface area contributed by atoms with Gasteiger partial charge in [-0.25, -0.2) is 0 Å². The second-order valence-corrected chi connectivity index (χ2v) is 2.58. The standard InChI is InChI=1S/C2H6O4S.H3N/c3-1-2-7(4,5)6;/h3H,1-2H2,(H,4,5,6);1H3. The lowest BCUT2D eigenvalue weighted by atomic mass is 10.9. The monoisotopic (exact) mass is 143 g/mol. The van der Waals surface area contributed by atoms with Crippen molar-refractivity contribution in [2.45, 2.75) is 0 Å². The minimum atomic E-state index is -3.92. The molecule has 0 unspecified atom stereocenters. The van der Waals surface area contributed by atoms with E-state index in [-0.39, 0.29) is 6.15 Å². The molecule has 0 saturated heterocycles. The zero-order chi connectivity index (χ0) is 5.91. The molecule has 0 aromatic carbocycles. The van der Waals surface area contributed by atoms with E-state index >= 15 is 0 Å². The predicted molar refractivity (Wildman–Crippen MR) is 28.5 cm³/mol. The van der Waals surface area contributed by atoms with Gasteiger partial charge in [0.25, 0.3) is 10.1 Å². The van der Waals surface area contributed by atoms with E-state index in [1.165, 1.54) is 0 Å². The highest BCUT2D eigenvalue weighted by Crippen LogP contribution is 1.75. The SMILES string of the molecule is N.O=S(=O)(O)CCO. The smallest absolute Gasteiger partial charge is 0.267 e. The minimum Gasteiger partial charge on any atom is -0.395 e. The van der Waals surface area contributed by atoms with Crippen LogP contribution in [0, 0.1) is 0 Å². The highest BCUT2D eigenvalue weighted by Gasteiger charge is 1.99. The summed E-state index contributed by atoms with van der Waals surface area (Å²) in [7, 11) is -3.92. The first-order valence-electron chi connectivity index (χ1n) is 1.62. The molecule has 52 valence electrons. The quantitative estimate of drug-likeness (QED) is 0.431. The van der Waals surface area contributed by atoms with Crippen molar-refractivity contribution in [2.24, 2.45) is 0 Å². The van der Waals surface area contributed by atoms with Gasteiger partial charge in [-0.1, -0.05) is 0 Å². The van der Waals surface area contributed by atoms with E-state index in [0.29, 0.717) is 0 Å². The summed E-state index contributed by atoms with van der Waals surface area (Å²) >= 11 is 0. The highest BCUT2D eigenvalue weighted by molar-refractivity contribution is 7.85. The van der Waals surface area contributed by atoms with Gasteiger partial charge in [0.05, 0.1) is 12.4 Å². The van der Waals surface area contributed by atoms with Crippen molar-refractivity contribution >= 4 is 10.1 Å². The fourth-order valence-electron chi connectivity index (χ4n) is 0.115. The van der Waals surface area contributed by atoms with Gasteiger partial charge in [-0.15, -0.1) is 0 Å². The average molecular weight is 143 g/mol. The van der Waals surface area contributed by atoms with Gasteiger partial charge in [-0.05, 0) is 0 Å². The normalized spacial score (nSPS) is 10.2. The molecule has 5 N–H and O–H groups in total. The van der Waals surface area contributed by atoms with E-state index in [9.17, 15) is 8.42 Å². The summed E-state index contributed by atoms with van der Waals surface area (Å²) < 4.78 is 27.1. The fourth-order valence-corrected chi connectivity index (χ4v) is 0.346. The molecule has 0 aromatic rings. The van der Waals surface area contributed by atoms with Crippen LogP contribution in [0.25, 0.3) is 0 Å². The molecule has 0 atom stereocenters. The Balaban J connectivity index is 0. The topological polar surface area (TPSA) is 110 Å². The molecular weight excluding hydrogens is 134 g/mol. The fraction of sp³-hybridized carbons (Fsp3) is 1.00. The van der Waals surface area contributed by atoms with Gasteiger partial charge >= 0.3 is 0 Å². The molecule has 8 heavy (non-hydrogen) atoms. The molecule has 0 aliphatic carbocycles. The molecular formula is C2H9NO4S. The Morgan fingerprint density at radius 3 is 1.75 bits per heavy atom. The Labute approximate surface area is 47.7 Å². The van der Waals surface area contributed by atoms with E-state index < -0.39 is 22.5 Å². The molecule has 0 aliphatic heterocycles. The van der Waals surface area contributed by atoms with Crippen LogP contribution in [0.15, 0.2) is 0 Å². The predicted octanol–water partition coefficient (Wildman–Crippen LogP) is -0.971. The summed E-state index contributed by atoms with van der Waals surface area (Å²) in [4.78, 5) is 0. The number of hydrogen-bond donors (Lipinski definition) is 3. The third kappa shape index (κ3) is 9.27. The average Bonchev–Trinajstić information content (AvgIpc) is 1.30. The third-order valence-corrected chi connectivity index (χ3v) is 1.05. The molecule has 0 radical (unpaired) electrons. The summed E-state index contributed by atoms with van der Waals surface area (Å²) in [6.45, 7) is -0.529. The third-order valence-electron chi connectivity index (χ3n) is 0.349. The second-order valence-electron chi connectivity index (χ2n) is 1.01. The molecule has 0 aromatic heterocycles. The summed E-state index contributed by atoms with van der Waals surface area (Å²) in [5, 5.41) is 7.86. The largest absolute Gasteiger partial charge is 0.395 e. The van der Waals surface area contributed by atoms with Crippen molar-refractivity contribution in [3.63, 3.8) is 0 Å². The minimum absolute atomic E-state index is 0. The van der Waals surface area contributed by atoms with Crippen molar-refractivity contribution in [1.29, 1.82) is 0 Å². The van der Waals surface area contributed by atoms with Crippen molar-refractivity contribution in [3.05, 3.63) is 0 Å². The first kappa shape index (κ1) is 10.7. The molecule has 5 nitrogen and oxygen atoms in total. The van der Waals surface area contributed by atoms with E-state index in [0.717, 1.165) is 0 Å². The van der Waals surface area contributed by atoms with Crippen molar-refractivity contribution in [2.75, 3.05) is 12.4 Å². The number of aliphatic hydroxyl groups is 1. The maximum absolute atomic E-state index is 9.63. The van der Waals surface area contributed by atoms with Gasteiger partial charge in [0, 0.05) is 0 Å². The van der Waals surface area contributed by atoms with Gasteiger partial charge in [0.15, 0.2) is 0 Å². The van der Waals surface area contributed by atoms with Crippen LogP contribution in [0.1, 0.15) is 0 Å². The zero-order valence-electron chi connectivity index (χ0n) is 4.24. The Morgan fingerprint density at radius 2 is 1.75 bits per heavy atom. The van der Waals surface area contributed by atoms with Crippen LogP contribution < -0.4 is 6.15 Å². The summed E-state index contributed by atoms with van der Waals surface area (Å²) in [6.07, 6.45) is 0. The molecule has 0 bridgehead atoms. The van der Waals surface area contributed by atoms with E-state index in [4.69, 9.17) is 9.66 Å². The Morgan fingerprint density at radius 1 is 1.38 bits per heavy atom. The molecule has 6 heteroatoms. The Kier molecular flexibility index (Phi) is 5.09. The van der Waals surface area contributed by atoms with Crippen LogP contribution in [0.2, 0.25) is 0 Å². The van der Waals surface area contributed by atoms with Gasteiger partial charge < -0.3 is 11.3 Å². The maximum atomic E-state index is 9.63. The highest BCUT2D eigenvalue weighted by atomic mass is 32.2. The number of hydrogen-bond acceptors (Lipinski definition) is 4. The Hall–Kier alpha value is -0.170. The molecule has 0 amide bonds. The van der Waals surface area contributed by atoms with Crippen molar-refractivity contribution in [3.8, 4) is 0 Å². The van der Waals surface area contributed by atoms with Crippen LogP contribution >= 0.6 is 0 Å². The van der Waals surface area contributed by atoms with Crippen LogP contribution in [0.3, 0.4) is 0 Å². The molecule has 0 saturated carbocycles. The molecule has 0 fully saturated rings. The Bertz CT molecular complexity index is 127. The van der Waals surface area contributed by atoms with Crippen LogP contribution in [-0.4, -0.2) is 30.4 Å². The first-order chi connectivity index (χ1) is 3.06. The summed E-state index contributed by atoms with van der Waals surface area (Å²) in [5.41, 5.74) is 0. The molecule has 0 aliphatic rings. The van der Waals surface area contributed by atoms with Crippen LogP contribution in [-0.2, 0) is 10.1 Å². The number of aliphatic hydroxyl groups excluding tert-OH is 1. The van der Waals surface area contributed by atoms with E-state index in [1.54, 1.807) is 0 Å². The number of rotatable bonds is 2. The lowest BCUT2D eigenvalue weighted by molar-refractivity contribution is 0.315. The second kappa shape index (κ2) is 3.79. The van der Waals surface area contributed by atoms with Crippen molar-refractivity contribution in [1.82, 2.24) is 6.15 Å². The van der Waals surface area contributed by atoms with Gasteiger partial charge in [-0.2, -0.15) is 8.42 Å². The van der Waals surface area contributed by atoms with Crippen LogP contribution in [0.5, 0.6) is 0 Å². The molecule has 0 heterocycles. The molecule has 0 spiro atoms.